The summed E-state index contributed by atoms with van der Waals surface area (Å²) >= 11 is 0. The molecule has 0 aliphatic rings. The van der Waals surface area contributed by atoms with Crippen LogP contribution in [-0.2, 0) is 4.74 Å². The van der Waals surface area contributed by atoms with Gasteiger partial charge in [0.2, 0.25) is 0 Å². The average molecular weight is 244 g/mol. The molecule has 1 unspecified atom stereocenters. The Bertz CT molecular complexity index is 511. The minimum absolute atomic E-state index is 0.0216. The van der Waals surface area contributed by atoms with Gasteiger partial charge in [-0.15, -0.1) is 0 Å². The van der Waals surface area contributed by atoms with Crippen molar-refractivity contribution >= 4 is 10.9 Å². The van der Waals surface area contributed by atoms with E-state index in [9.17, 15) is 0 Å². The van der Waals surface area contributed by atoms with Crippen LogP contribution in [0.3, 0.4) is 0 Å². The highest BCUT2D eigenvalue weighted by molar-refractivity contribution is 5.79. The summed E-state index contributed by atoms with van der Waals surface area (Å²) in [7, 11) is 0. The molecule has 0 bridgehead atoms. The molecule has 0 aliphatic heterocycles. The maximum atomic E-state index is 6.17. The summed E-state index contributed by atoms with van der Waals surface area (Å²) in [6.45, 7) is 4.77. The first kappa shape index (κ1) is 13.0. The van der Waals surface area contributed by atoms with Crippen molar-refractivity contribution in [3.8, 4) is 0 Å². The molecule has 2 rings (SSSR count). The predicted octanol–water partition coefficient (Wildman–Crippen LogP) is 3.05. The highest BCUT2D eigenvalue weighted by atomic mass is 16.5. The number of fused-ring (bicyclic) bond motifs is 1. The van der Waals surface area contributed by atoms with Crippen molar-refractivity contribution in [3.05, 3.63) is 42.1 Å². The first-order chi connectivity index (χ1) is 8.66. The van der Waals surface area contributed by atoms with Crippen molar-refractivity contribution in [2.45, 2.75) is 32.4 Å². The van der Waals surface area contributed by atoms with Crippen molar-refractivity contribution < 1.29 is 4.74 Å². The normalized spacial score (nSPS) is 13.1. The van der Waals surface area contributed by atoms with Crippen LogP contribution >= 0.6 is 0 Å². The van der Waals surface area contributed by atoms with Crippen LogP contribution < -0.4 is 5.73 Å². The summed E-state index contributed by atoms with van der Waals surface area (Å²) in [5, 5.41) is 1.13. The Balaban J connectivity index is 2.06. The Hall–Kier alpha value is -1.45. The zero-order valence-corrected chi connectivity index (χ0v) is 11.0. The molecule has 0 saturated carbocycles. The Morgan fingerprint density at radius 1 is 1.28 bits per heavy atom. The third kappa shape index (κ3) is 3.28. The van der Waals surface area contributed by atoms with Crippen molar-refractivity contribution in [2.75, 3.05) is 6.61 Å². The summed E-state index contributed by atoms with van der Waals surface area (Å²) in [4.78, 5) is 4.30. The summed E-state index contributed by atoms with van der Waals surface area (Å²) in [5.41, 5.74) is 8.32. The first-order valence-electron chi connectivity index (χ1n) is 6.38. The fourth-order valence-electron chi connectivity index (χ4n) is 1.92. The molecular weight excluding hydrogens is 224 g/mol. The lowest BCUT2D eigenvalue weighted by Gasteiger charge is -2.14. The lowest BCUT2D eigenvalue weighted by Crippen LogP contribution is -2.14. The molecule has 3 nitrogen and oxygen atoms in total. The molecule has 0 amide bonds. The second-order valence-corrected chi connectivity index (χ2v) is 4.77. The fraction of sp³-hybridized carbons (Fsp3) is 0.400. The van der Waals surface area contributed by atoms with E-state index >= 15 is 0 Å². The van der Waals surface area contributed by atoms with E-state index < -0.39 is 0 Å². The number of nitrogens with zero attached hydrogens (tertiary/aromatic N) is 1. The van der Waals surface area contributed by atoms with Crippen molar-refractivity contribution in [2.24, 2.45) is 5.73 Å². The highest BCUT2D eigenvalue weighted by Gasteiger charge is 2.07. The number of benzene rings is 1. The van der Waals surface area contributed by atoms with Gasteiger partial charge in [-0.1, -0.05) is 12.1 Å². The molecule has 1 atom stereocenters. The lowest BCUT2D eigenvalue weighted by molar-refractivity contribution is 0.0736. The molecule has 3 heteroatoms. The average Bonchev–Trinajstić information content (AvgIpc) is 2.37. The number of hydrogen-bond acceptors (Lipinski definition) is 3. The topological polar surface area (TPSA) is 48.1 Å². The second-order valence-electron chi connectivity index (χ2n) is 4.77. The van der Waals surface area contributed by atoms with Crippen LogP contribution in [0.15, 0.2) is 36.5 Å². The molecule has 96 valence electrons. The van der Waals surface area contributed by atoms with Gasteiger partial charge in [0.05, 0.1) is 11.6 Å². The fourth-order valence-corrected chi connectivity index (χ4v) is 1.92. The number of hydrogen-bond donors (Lipinski definition) is 1. The summed E-state index contributed by atoms with van der Waals surface area (Å²) in [5.74, 6) is 0. The van der Waals surface area contributed by atoms with E-state index in [0.29, 0.717) is 6.61 Å². The number of nitrogens with two attached hydrogens (primary N) is 1. The molecule has 0 saturated heterocycles. The van der Waals surface area contributed by atoms with Crippen LogP contribution in [0, 0.1) is 0 Å². The maximum Gasteiger partial charge on any atom is 0.0702 e. The van der Waals surface area contributed by atoms with Crippen LogP contribution in [0.2, 0.25) is 0 Å². The molecule has 0 fully saturated rings. The second kappa shape index (κ2) is 5.94. The van der Waals surface area contributed by atoms with Crippen molar-refractivity contribution in [3.63, 3.8) is 0 Å². The van der Waals surface area contributed by atoms with Crippen LogP contribution in [0.5, 0.6) is 0 Å². The third-order valence-corrected chi connectivity index (χ3v) is 2.94. The lowest BCUT2D eigenvalue weighted by atomic mass is 10.0. The number of ether oxygens (including phenoxy) is 1. The minimum atomic E-state index is 0.0216. The van der Waals surface area contributed by atoms with Crippen LogP contribution in [-0.4, -0.2) is 17.7 Å². The SMILES string of the molecule is CC(C)OCCC(N)c1ccc2ncccc2c1. The van der Waals surface area contributed by atoms with E-state index in [4.69, 9.17) is 10.5 Å². The summed E-state index contributed by atoms with van der Waals surface area (Å²) < 4.78 is 5.53. The Labute approximate surface area is 108 Å². The van der Waals surface area contributed by atoms with Gasteiger partial charge < -0.3 is 10.5 Å². The molecule has 1 heterocycles. The van der Waals surface area contributed by atoms with Crippen LogP contribution in [0.4, 0.5) is 0 Å². The van der Waals surface area contributed by atoms with Gasteiger partial charge in [-0.3, -0.25) is 4.98 Å². The molecule has 2 aromatic rings. The maximum absolute atomic E-state index is 6.17. The first-order valence-corrected chi connectivity index (χ1v) is 6.38. The summed E-state index contributed by atoms with van der Waals surface area (Å²) in [6, 6.07) is 10.2. The molecule has 1 aromatic carbocycles. The standard InChI is InChI=1S/C15H20N2O/c1-11(2)18-9-7-14(16)12-5-6-15-13(10-12)4-3-8-17-15/h3-6,8,10-11,14H,7,9,16H2,1-2H3. The zero-order valence-electron chi connectivity index (χ0n) is 11.0. The monoisotopic (exact) mass is 244 g/mol. The predicted molar refractivity (Wildman–Crippen MR) is 74.4 cm³/mol. The Kier molecular flexibility index (Phi) is 4.28. The molecule has 1 aromatic heterocycles. The number of aromatic nitrogens is 1. The molecule has 0 aliphatic carbocycles. The Morgan fingerprint density at radius 2 is 2.11 bits per heavy atom. The van der Waals surface area contributed by atoms with Gasteiger partial charge in [-0.25, -0.2) is 0 Å². The molecule has 2 N–H and O–H groups in total. The summed E-state index contributed by atoms with van der Waals surface area (Å²) in [6.07, 6.45) is 2.90. The van der Waals surface area contributed by atoms with E-state index in [-0.39, 0.29) is 12.1 Å². The van der Waals surface area contributed by atoms with Crippen molar-refractivity contribution in [1.29, 1.82) is 0 Å². The highest BCUT2D eigenvalue weighted by Crippen LogP contribution is 2.19. The molecule has 0 radical (unpaired) electrons. The molecule has 0 spiro atoms. The molecular formula is C15H20N2O. The van der Waals surface area contributed by atoms with Gasteiger partial charge in [0.1, 0.15) is 0 Å². The van der Waals surface area contributed by atoms with Gasteiger partial charge >= 0.3 is 0 Å². The van der Waals surface area contributed by atoms with E-state index in [1.54, 1.807) is 6.20 Å². The minimum Gasteiger partial charge on any atom is -0.379 e. The van der Waals surface area contributed by atoms with Crippen LogP contribution in [0.25, 0.3) is 10.9 Å². The van der Waals surface area contributed by atoms with E-state index in [2.05, 4.69) is 23.2 Å². The van der Waals surface area contributed by atoms with Gasteiger partial charge in [0, 0.05) is 24.2 Å². The van der Waals surface area contributed by atoms with E-state index in [1.165, 1.54) is 0 Å². The van der Waals surface area contributed by atoms with E-state index in [0.717, 1.165) is 22.9 Å². The van der Waals surface area contributed by atoms with Crippen LogP contribution in [0.1, 0.15) is 31.9 Å². The zero-order chi connectivity index (χ0) is 13.0. The van der Waals surface area contributed by atoms with Crippen molar-refractivity contribution in [1.82, 2.24) is 4.98 Å². The largest absolute Gasteiger partial charge is 0.379 e. The van der Waals surface area contributed by atoms with Gasteiger partial charge in [-0.05, 0) is 44.0 Å². The number of rotatable bonds is 5. The molecule has 18 heavy (non-hydrogen) atoms. The third-order valence-electron chi connectivity index (χ3n) is 2.94. The quantitative estimate of drug-likeness (QED) is 0.879. The van der Waals surface area contributed by atoms with Gasteiger partial charge in [0.15, 0.2) is 0 Å². The Morgan fingerprint density at radius 3 is 2.89 bits per heavy atom. The van der Waals surface area contributed by atoms with Gasteiger partial charge in [-0.2, -0.15) is 0 Å². The van der Waals surface area contributed by atoms with E-state index in [1.807, 2.05) is 26.0 Å². The van der Waals surface area contributed by atoms with Gasteiger partial charge in [0.25, 0.3) is 0 Å². The number of pyridine rings is 1. The smallest absolute Gasteiger partial charge is 0.0702 e.